The number of benzene rings is 2. The summed E-state index contributed by atoms with van der Waals surface area (Å²) in [4.78, 5) is 36.5. The average molecular weight is 434 g/mol. The highest BCUT2D eigenvalue weighted by Gasteiger charge is 2.33. The molecule has 1 N–H and O–H groups in total. The number of nitro benzene ring substituents is 1. The number of amides is 2. The number of thiocarbonyl (C=S) groups is 1. The molecule has 0 unspecified atom stereocenters. The Balaban J connectivity index is 1.68. The van der Waals surface area contributed by atoms with Gasteiger partial charge in [-0.15, -0.1) is 0 Å². The van der Waals surface area contributed by atoms with Crippen LogP contribution in [0, 0.1) is 10.1 Å². The fraction of sp³-hybridized carbons (Fsp3) is 0.0556. The zero-order valence-corrected chi connectivity index (χ0v) is 16.5. The molecule has 0 aromatic heterocycles. The second-order valence-electron chi connectivity index (χ2n) is 5.64. The first kappa shape index (κ1) is 20.0. The van der Waals surface area contributed by atoms with Crippen LogP contribution in [0.1, 0.15) is 5.56 Å². The molecule has 0 aliphatic carbocycles. The number of carbonyl (C=O) groups is 2. The van der Waals surface area contributed by atoms with Crippen molar-refractivity contribution in [3.63, 3.8) is 0 Å². The summed E-state index contributed by atoms with van der Waals surface area (Å²) in [7, 11) is 0. The minimum Gasteiger partial charge on any atom is -0.325 e. The monoisotopic (exact) mass is 433 g/mol. The van der Waals surface area contributed by atoms with E-state index in [1.54, 1.807) is 30.3 Å². The maximum Gasteiger partial charge on any atom is 0.269 e. The Hall–Kier alpha value is -2.75. The lowest BCUT2D eigenvalue weighted by atomic mass is 10.2. The molecule has 0 spiro atoms. The molecular formula is C18H12ClN3O4S2. The maximum absolute atomic E-state index is 12.6. The van der Waals surface area contributed by atoms with Crippen LogP contribution in [-0.4, -0.2) is 32.5 Å². The van der Waals surface area contributed by atoms with Gasteiger partial charge in [0.25, 0.3) is 11.6 Å². The molecule has 7 nitrogen and oxygen atoms in total. The van der Waals surface area contributed by atoms with E-state index in [1.807, 2.05) is 0 Å². The Morgan fingerprint density at radius 3 is 2.57 bits per heavy atom. The van der Waals surface area contributed by atoms with E-state index in [4.69, 9.17) is 23.8 Å². The van der Waals surface area contributed by atoms with Crippen molar-refractivity contribution in [2.75, 3.05) is 11.9 Å². The summed E-state index contributed by atoms with van der Waals surface area (Å²) in [5.41, 5.74) is 0.979. The van der Waals surface area contributed by atoms with Crippen LogP contribution in [0.4, 0.5) is 11.4 Å². The lowest BCUT2D eigenvalue weighted by molar-refractivity contribution is -0.384. The van der Waals surface area contributed by atoms with Crippen LogP contribution < -0.4 is 5.32 Å². The van der Waals surface area contributed by atoms with Gasteiger partial charge in [0.2, 0.25) is 5.91 Å². The van der Waals surface area contributed by atoms with Gasteiger partial charge in [-0.05, 0) is 29.8 Å². The van der Waals surface area contributed by atoms with E-state index in [9.17, 15) is 19.7 Å². The molecule has 2 amide bonds. The second-order valence-corrected chi connectivity index (χ2v) is 7.72. The van der Waals surface area contributed by atoms with E-state index < -0.39 is 10.8 Å². The molecule has 1 aliphatic heterocycles. The molecule has 10 heteroatoms. The fourth-order valence-electron chi connectivity index (χ4n) is 2.38. The SMILES string of the molecule is O=C(CN1C(=O)/C(=C\c2ccccc2Cl)SC1=S)Nc1ccc([N+](=O)[O-])cc1. The van der Waals surface area contributed by atoms with Gasteiger partial charge in [0.1, 0.15) is 10.9 Å². The smallest absolute Gasteiger partial charge is 0.269 e. The molecular weight excluding hydrogens is 422 g/mol. The van der Waals surface area contributed by atoms with Gasteiger partial charge in [-0.25, -0.2) is 0 Å². The fourth-order valence-corrected chi connectivity index (χ4v) is 3.82. The first-order valence-electron chi connectivity index (χ1n) is 7.89. The van der Waals surface area contributed by atoms with Crippen LogP contribution in [0.5, 0.6) is 0 Å². The predicted octanol–water partition coefficient (Wildman–Crippen LogP) is 4.09. The van der Waals surface area contributed by atoms with Crippen LogP contribution in [0.2, 0.25) is 5.02 Å². The highest BCUT2D eigenvalue weighted by molar-refractivity contribution is 8.26. The Kier molecular flexibility index (Phi) is 6.08. The number of nitrogens with one attached hydrogen (secondary N) is 1. The first-order chi connectivity index (χ1) is 13.3. The van der Waals surface area contributed by atoms with Crippen LogP contribution in [-0.2, 0) is 9.59 Å². The van der Waals surface area contributed by atoms with E-state index >= 15 is 0 Å². The third-order valence-electron chi connectivity index (χ3n) is 3.73. The molecule has 1 aliphatic rings. The molecule has 1 heterocycles. The summed E-state index contributed by atoms with van der Waals surface area (Å²) in [5.74, 6) is -0.849. The van der Waals surface area contributed by atoms with Gasteiger partial charge < -0.3 is 5.32 Å². The Morgan fingerprint density at radius 2 is 1.93 bits per heavy atom. The van der Waals surface area contributed by atoms with Crippen molar-refractivity contribution in [3.8, 4) is 0 Å². The van der Waals surface area contributed by atoms with Crippen molar-refractivity contribution in [1.82, 2.24) is 4.90 Å². The number of thioether (sulfide) groups is 1. The standard InChI is InChI=1S/C18H12ClN3O4S2/c19-14-4-2-1-3-11(14)9-15-17(24)21(18(27)28-15)10-16(23)20-12-5-7-13(8-6-12)22(25)26/h1-9H,10H2,(H,20,23)/b15-9+. The summed E-state index contributed by atoms with van der Waals surface area (Å²) < 4.78 is 0.266. The zero-order valence-electron chi connectivity index (χ0n) is 14.1. The number of nitro groups is 1. The topological polar surface area (TPSA) is 92.6 Å². The van der Waals surface area contributed by atoms with Crippen LogP contribution >= 0.6 is 35.6 Å². The molecule has 1 saturated heterocycles. The van der Waals surface area contributed by atoms with Gasteiger partial charge in [0.15, 0.2) is 0 Å². The molecule has 28 heavy (non-hydrogen) atoms. The molecule has 2 aromatic rings. The van der Waals surface area contributed by atoms with E-state index in [-0.39, 0.29) is 22.5 Å². The van der Waals surface area contributed by atoms with Gasteiger partial charge in [-0.2, -0.15) is 0 Å². The van der Waals surface area contributed by atoms with Crippen LogP contribution in [0.15, 0.2) is 53.4 Å². The quantitative estimate of drug-likeness (QED) is 0.330. The summed E-state index contributed by atoms with van der Waals surface area (Å²) >= 11 is 12.4. The van der Waals surface area contributed by atoms with Gasteiger partial charge >= 0.3 is 0 Å². The lowest BCUT2D eigenvalue weighted by Crippen LogP contribution is -2.36. The minimum absolute atomic E-state index is 0.0837. The number of anilines is 1. The Morgan fingerprint density at radius 1 is 1.25 bits per heavy atom. The minimum atomic E-state index is -0.531. The first-order valence-corrected chi connectivity index (χ1v) is 9.49. The molecule has 0 bridgehead atoms. The van der Waals surface area contributed by atoms with E-state index in [0.29, 0.717) is 21.2 Å². The lowest BCUT2D eigenvalue weighted by Gasteiger charge is -2.14. The van der Waals surface area contributed by atoms with Crippen LogP contribution in [0.3, 0.4) is 0 Å². The molecule has 0 atom stereocenters. The molecule has 142 valence electrons. The number of nitrogens with zero attached hydrogens (tertiary/aromatic N) is 2. The molecule has 1 fully saturated rings. The van der Waals surface area contributed by atoms with Crippen molar-refractivity contribution < 1.29 is 14.5 Å². The summed E-state index contributed by atoms with van der Waals surface area (Å²) in [6, 6.07) is 12.5. The number of halogens is 1. The van der Waals surface area contributed by atoms with Gasteiger partial charge in [0, 0.05) is 22.8 Å². The molecule has 2 aromatic carbocycles. The van der Waals surface area contributed by atoms with E-state index in [0.717, 1.165) is 11.8 Å². The highest BCUT2D eigenvalue weighted by Crippen LogP contribution is 2.33. The largest absolute Gasteiger partial charge is 0.325 e. The second kappa shape index (κ2) is 8.51. The van der Waals surface area contributed by atoms with Crippen molar-refractivity contribution in [2.24, 2.45) is 0 Å². The number of hydrogen-bond acceptors (Lipinski definition) is 6. The predicted molar refractivity (Wildman–Crippen MR) is 113 cm³/mol. The summed E-state index contributed by atoms with van der Waals surface area (Å²) in [6.07, 6.45) is 1.63. The Bertz CT molecular complexity index is 1010. The van der Waals surface area contributed by atoms with Crippen molar-refractivity contribution in [3.05, 3.63) is 74.1 Å². The number of carbonyl (C=O) groups excluding carboxylic acids is 2. The zero-order chi connectivity index (χ0) is 20.3. The third kappa shape index (κ3) is 4.56. The number of hydrogen-bond donors (Lipinski definition) is 1. The van der Waals surface area contributed by atoms with Gasteiger partial charge in [-0.3, -0.25) is 24.6 Å². The Labute approximate surface area is 174 Å². The summed E-state index contributed by atoms with van der Waals surface area (Å²) in [6.45, 7) is -0.262. The number of non-ortho nitro benzene ring substituents is 1. The van der Waals surface area contributed by atoms with Crippen molar-refractivity contribution >= 4 is 69.2 Å². The van der Waals surface area contributed by atoms with Crippen LogP contribution in [0.25, 0.3) is 6.08 Å². The molecule has 0 radical (unpaired) electrons. The maximum atomic E-state index is 12.6. The third-order valence-corrected chi connectivity index (χ3v) is 5.45. The highest BCUT2D eigenvalue weighted by atomic mass is 35.5. The van der Waals surface area contributed by atoms with E-state index in [1.165, 1.54) is 29.2 Å². The van der Waals surface area contributed by atoms with Crippen molar-refractivity contribution in [1.29, 1.82) is 0 Å². The van der Waals surface area contributed by atoms with Gasteiger partial charge in [0.05, 0.1) is 9.83 Å². The number of rotatable bonds is 5. The van der Waals surface area contributed by atoms with Crippen molar-refractivity contribution in [2.45, 2.75) is 0 Å². The van der Waals surface area contributed by atoms with Gasteiger partial charge in [-0.1, -0.05) is 53.8 Å². The van der Waals surface area contributed by atoms with E-state index in [2.05, 4.69) is 5.32 Å². The molecule has 3 rings (SSSR count). The normalized spacial score (nSPS) is 15.2. The average Bonchev–Trinajstić information content (AvgIpc) is 2.91. The summed E-state index contributed by atoms with van der Waals surface area (Å²) in [5, 5.41) is 13.8. The molecule has 0 saturated carbocycles.